The van der Waals surface area contributed by atoms with Gasteiger partial charge in [-0.05, 0) is 30.2 Å². The Hall–Kier alpha value is -2.27. The molecule has 0 aliphatic rings. The van der Waals surface area contributed by atoms with Crippen molar-refractivity contribution >= 4 is 5.91 Å². The van der Waals surface area contributed by atoms with Crippen LogP contribution in [0.1, 0.15) is 11.3 Å². The molecule has 1 aromatic heterocycles. The van der Waals surface area contributed by atoms with E-state index < -0.39 is 0 Å². The van der Waals surface area contributed by atoms with Crippen molar-refractivity contribution in [3.63, 3.8) is 0 Å². The van der Waals surface area contributed by atoms with Gasteiger partial charge in [-0.3, -0.25) is 4.79 Å². The standard InChI is InChI=1S/C16H20N2O3/c1-20-15-7-3-2-5-13(15)8-9-18-16(19)12-17-11-14-6-4-10-21-14/h2-7,10,17H,8-9,11-12H2,1H3,(H,18,19). The summed E-state index contributed by atoms with van der Waals surface area (Å²) in [7, 11) is 1.65. The summed E-state index contributed by atoms with van der Waals surface area (Å²) < 4.78 is 10.4. The van der Waals surface area contributed by atoms with Crippen LogP contribution in [-0.2, 0) is 17.8 Å². The minimum Gasteiger partial charge on any atom is -0.496 e. The van der Waals surface area contributed by atoms with Crippen molar-refractivity contribution < 1.29 is 13.9 Å². The lowest BCUT2D eigenvalue weighted by Gasteiger charge is -2.09. The molecule has 5 nitrogen and oxygen atoms in total. The second-order valence-corrected chi connectivity index (χ2v) is 4.59. The molecule has 5 heteroatoms. The zero-order valence-corrected chi connectivity index (χ0v) is 12.1. The summed E-state index contributed by atoms with van der Waals surface area (Å²) in [5.74, 6) is 1.64. The second-order valence-electron chi connectivity index (χ2n) is 4.59. The fourth-order valence-corrected chi connectivity index (χ4v) is 2.02. The van der Waals surface area contributed by atoms with Gasteiger partial charge in [0.2, 0.25) is 5.91 Å². The average molecular weight is 288 g/mol. The molecule has 0 atom stereocenters. The molecule has 0 saturated heterocycles. The number of carbonyl (C=O) groups excluding carboxylic acids is 1. The SMILES string of the molecule is COc1ccccc1CCNC(=O)CNCc1ccco1. The number of methoxy groups -OCH3 is 1. The number of furan rings is 1. The molecule has 0 aliphatic carbocycles. The predicted molar refractivity (Wildman–Crippen MR) is 80.1 cm³/mol. The molecule has 2 aromatic rings. The molecule has 112 valence electrons. The Labute approximate surface area is 124 Å². The lowest BCUT2D eigenvalue weighted by atomic mass is 10.1. The molecule has 0 radical (unpaired) electrons. The summed E-state index contributed by atoms with van der Waals surface area (Å²) >= 11 is 0. The van der Waals surface area contributed by atoms with Crippen molar-refractivity contribution in [2.75, 3.05) is 20.2 Å². The molecule has 0 spiro atoms. The summed E-state index contributed by atoms with van der Waals surface area (Å²) in [6.45, 7) is 1.40. The topological polar surface area (TPSA) is 63.5 Å². The lowest BCUT2D eigenvalue weighted by molar-refractivity contribution is -0.120. The summed E-state index contributed by atoms with van der Waals surface area (Å²) in [6, 6.07) is 11.5. The van der Waals surface area contributed by atoms with Gasteiger partial charge in [-0.1, -0.05) is 18.2 Å². The van der Waals surface area contributed by atoms with Gasteiger partial charge in [0.05, 0.1) is 26.5 Å². The number of ether oxygens (including phenoxy) is 1. The Morgan fingerprint density at radius 3 is 2.86 bits per heavy atom. The second kappa shape index (κ2) is 8.11. The first-order valence-electron chi connectivity index (χ1n) is 6.91. The molecule has 0 fully saturated rings. The van der Waals surface area contributed by atoms with Crippen LogP contribution in [0, 0.1) is 0 Å². The van der Waals surface area contributed by atoms with E-state index in [1.807, 2.05) is 36.4 Å². The number of para-hydroxylation sites is 1. The minimum atomic E-state index is -0.0311. The molecule has 0 aliphatic heterocycles. The van der Waals surface area contributed by atoms with Gasteiger partial charge in [-0.25, -0.2) is 0 Å². The van der Waals surface area contributed by atoms with Crippen molar-refractivity contribution in [1.29, 1.82) is 0 Å². The van der Waals surface area contributed by atoms with E-state index in [2.05, 4.69) is 10.6 Å². The van der Waals surface area contributed by atoms with E-state index in [4.69, 9.17) is 9.15 Å². The zero-order valence-electron chi connectivity index (χ0n) is 12.1. The number of hydrogen-bond donors (Lipinski definition) is 2. The Kier molecular flexibility index (Phi) is 5.84. The first-order chi connectivity index (χ1) is 10.3. The molecule has 1 amide bonds. The van der Waals surface area contributed by atoms with Gasteiger partial charge >= 0.3 is 0 Å². The third-order valence-corrected chi connectivity index (χ3v) is 3.07. The summed E-state index contributed by atoms with van der Waals surface area (Å²) in [4.78, 5) is 11.7. The maximum Gasteiger partial charge on any atom is 0.233 e. The van der Waals surface area contributed by atoms with Gasteiger partial charge in [0, 0.05) is 6.54 Å². The maximum atomic E-state index is 11.7. The van der Waals surface area contributed by atoms with Crippen molar-refractivity contribution in [3.8, 4) is 5.75 Å². The third-order valence-electron chi connectivity index (χ3n) is 3.07. The van der Waals surface area contributed by atoms with Crippen LogP contribution >= 0.6 is 0 Å². The van der Waals surface area contributed by atoms with Gasteiger partial charge in [0.1, 0.15) is 11.5 Å². The number of carbonyl (C=O) groups is 1. The van der Waals surface area contributed by atoms with E-state index in [0.29, 0.717) is 13.1 Å². The van der Waals surface area contributed by atoms with Gasteiger partial charge in [-0.2, -0.15) is 0 Å². The number of rotatable bonds is 8. The van der Waals surface area contributed by atoms with E-state index >= 15 is 0 Å². The van der Waals surface area contributed by atoms with Crippen LogP contribution in [0.25, 0.3) is 0 Å². The largest absolute Gasteiger partial charge is 0.496 e. The summed E-state index contributed by atoms with van der Waals surface area (Å²) in [6.07, 6.45) is 2.36. The number of hydrogen-bond acceptors (Lipinski definition) is 4. The van der Waals surface area contributed by atoms with Gasteiger partial charge in [-0.15, -0.1) is 0 Å². The Morgan fingerprint density at radius 1 is 1.24 bits per heavy atom. The Balaban J connectivity index is 1.65. The molecular formula is C16H20N2O3. The van der Waals surface area contributed by atoms with E-state index in [9.17, 15) is 4.79 Å². The fourth-order valence-electron chi connectivity index (χ4n) is 2.02. The van der Waals surface area contributed by atoms with Gasteiger partial charge in [0.25, 0.3) is 0 Å². The highest BCUT2D eigenvalue weighted by molar-refractivity contribution is 5.77. The van der Waals surface area contributed by atoms with Crippen LogP contribution < -0.4 is 15.4 Å². The van der Waals surface area contributed by atoms with Crippen molar-refractivity contribution in [2.45, 2.75) is 13.0 Å². The minimum absolute atomic E-state index is 0.0311. The highest BCUT2D eigenvalue weighted by Crippen LogP contribution is 2.17. The summed E-state index contributed by atoms with van der Waals surface area (Å²) in [5.41, 5.74) is 1.09. The zero-order chi connectivity index (χ0) is 14.9. The van der Waals surface area contributed by atoms with Gasteiger partial charge < -0.3 is 19.8 Å². The van der Waals surface area contributed by atoms with Crippen LogP contribution in [0.4, 0.5) is 0 Å². The first-order valence-corrected chi connectivity index (χ1v) is 6.91. The average Bonchev–Trinajstić information content (AvgIpc) is 3.01. The number of amides is 1. The molecule has 21 heavy (non-hydrogen) atoms. The van der Waals surface area contributed by atoms with E-state index in [-0.39, 0.29) is 12.5 Å². The number of benzene rings is 1. The van der Waals surface area contributed by atoms with Crippen molar-refractivity contribution in [1.82, 2.24) is 10.6 Å². The Bertz CT molecular complexity index is 552. The van der Waals surface area contributed by atoms with Crippen LogP contribution in [-0.4, -0.2) is 26.1 Å². The quantitative estimate of drug-likeness (QED) is 0.776. The van der Waals surface area contributed by atoms with Crippen LogP contribution in [0.15, 0.2) is 47.1 Å². The predicted octanol–water partition coefficient (Wildman–Crippen LogP) is 1.74. The van der Waals surface area contributed by atoms with Crippen molar-refractivity contribution in [3.05, 3.63) is 54.0 Å². The lowest BCUT2D eigenvalue weighted by Crippen LogP contribution is -2.34. The highest BCUT2D eigenvalue weighted by Gasteiger charge is 2.04. The molecule has 0 unspecified atom stereocenters. The Morgan fingerprint density at radius 2 is 2.10 bits per heavy atom. The monoisotopic (exact) mass is 288 g/mol. The highest BCUT2D eigenvalue weighted by atomic mass is 16.5. The first kappa shape index (κ1) is 15.1. The van der Waals surface area contributed by atoms with Crippen molar-refractivity contribution in [2.24, 2.45) is 0 Å². The third kappa shape index (κ3) is 4.96. The van der Waals surface area contributed by atoms with Crippen LogP contribution in [0.5, 0.6) is 5.75 Å². The molecule has 0 bridgehead atoms. The number of nitrogens with one attached hydrogen (secondary N) is 2. The fraction of sp³-hybridized carbons (Fsp3) is 0.312. The van der Waals surface area contributed by atoms with Gasteiger partial charge in [0.15, 0.2) is 0 Å². The molecule has 2 N–H and O–H groups in total. The van der Waals surface area contributed by atoms with E-state index in [1.54, 1.807) is 13.4 Å². The molecule has 1 aromatic carbocycles. The normalized spacial score (nSPS) is 10.3. The maximum absolute atomic E-state index is 11.7. The molecule has 2 rings (SSSR count). The van der Waals surface area contributed by atoms with Crippen LogP contribution in [0.2, 0.25) is 0 Å². The van der Waals surface area contributed by atoms with Crippen LogP contribution in [0.3, 0.4) is 0 Å². The summed E-state index contributed by atoms with van der Waals surface area (Å²) in [5, 5.41) is 5.90. The molecule has 0 saturated carbocycles. The smallest absolute Gasteiger partial charge is 0.233 e. The molecule has 1 heterocycles. The molecular weight excluding hydrogens is 268 g/mol. The van der Waals surface area contributed by atoms with E-state index in [1.165, 1.54) is 0 Å². The van der Waals surface area contributed by atoms with E-state index in [0.717, 1.165) is 23.5 Å².